The Bertz CT molecular complexity index is 948. The lowest BCUT2D eigenvalue weighted by Gasteiger charge is -2.10. The smallest absolute Gasteiger partial charge is 0.288 e. The van der Waals surface area contributed by atoms with Gasteiger partial charge in [0.25, 0.3) is 5.76 Å². The minimum atomic E-state index is -2.43. The van der Waals surface area contributed by atoms with Crippen molar-refractivity contribution in [3.8, 4) is 5.75 Å². The first-order valence-corrected chi connectivity index (χ1v) is 10.5. The summed E-state index contributed by atoms with van der Waals surface area (Å²) in [6, 6.07) is 13.1. The molecule has 0 amide bonds. The highest BCUT2D eigenvalue weighted by Crippen LogP contribution is 2.27. The average molecular weight is 438 g/mol. The Morgan fingerprint density at radius 3 is 2.55 bits per heavy atom. The zero-order chi connectivity index (χ0) is 20.6. The van der Waals surface area contributed by atoms with Crippen molar-refractivity contribution >= 4 is 23.5 Å². The van der Waals surface area contributed by atoms with Crippen LogP contribution in [0.2, 0.25) is 0 Å². The molecule has 0 atom stereocenters. The van der Waals surface area contributed by atoms with Crippen molar-refractivity contribution in [3.05, 3.63) is 78.4 Å². The van der Waals surface area contributed by atoms with Crippen molar-refractivity contribution in [1.29, 1.82) is 0 Å². The van der Waals surface area contributed by atoms with Crippen LogP contribution in [0, 0.1) is 5.82 Å². The third-order valence-electron chi connectivity index (χ3n) is 3.82. The van der Waals surface area contributed by atoms with Crippen molar-refractivity contribution in [1.82, 2.24) is 14.8 Å². The van der Waals surface area contributed by atoms with E-state index in [-0.39, 0.29) is 12.4 Å². The number of alkyl halides is 2. The number of halogens is 3. The number of allylic oxidation sites excluding steroid dienone is 1. The van der Waals surface area contributed by atoms with Gasteiger partial charge >= 0.3 is 0 Å². The zero-order valence-corrected chi connectivity index (χ0v) is 16.9. The predicted molar refractivity (Wildman–Crippen MR) is 109 cm³/mol. The van der Waals surface area contributed by atoms with Crippen LogP contribution in [0.25, 0.3) is 0 Å². The molecule has 3 rings (SSSR count). The molecule has 0 aliphatic rings. The maximum atomic E-state index is 13.7. The van der Waals surface area contributed by atoms with Gasteiger partial charge < -0.3 is 4.74 Å². The predicted octanol–water partition coefficient (Wildman–Crippen LogP) is 5.79. The second-order valence-corrected chi connectivity index (χ2v) is 7.83. The Morgan fingerprint density at radius 1 is 1.10 bits per heavy atom. The van der Waals surface area contributed by atoms with E-state index in [4.69, 9.17) is 4.74 Å². The van der Waals surface area contributed by atoms with Crippen molar-refractivity contribution in [2.45, 2.75) is 34.7 Å². The van der Waals surface area contributed by atoms with E-state index in [1.165, 1.54) is 17.8 Å². The Balaban J connectivity index is 1.65. The number of aromatic nitrogens is 3. The first-order valence-electron chi connectivity index (χ1n) is 8.63. The summed E-state index contributed by atoms with van der Waals surface area (Å²) in [4.78, 5) is 0.524. The number of para-hydroxylation sites is 1. The summed E-state index contributed by atoms with van der Waals surface area (Å²) in [6.07, 6.45) is 1.72. The molecule has 3 aromatic rings. The molecular weight excluding hydrogens is 419 g/mol. The Labute approximate surface area is 175 Å². The third kappa shape index (κ3) is 6.04. The van der Waals surface area contributed by atoms with Crippen molar-refractivity contribution < 1.29 is 17.9 Å². The summed E-state index contributed by atoms with van der Waals surface area (Å²) in [5, 5.41) is 9.01. The second kappa shape index (κ2) is 10.4. The van der Waals surface area contributed by atoms with E-state index >= 15 is 0 Å². The lowest BCUT2D eigenvalue weighted by atomic mass is 10.2. The van der Waals surface area contributed by atoms with Gasteiger partial charge in [0.2, 0.25) is 0 Å². The van der Waals surface area contributed by atoms with Crippen LogP contribution in [0.15, 0.2) is 71.2 Å². The minimum Gasteiger partial charge on any atom is -0.483 e. The third-order valence-corrected chi connectivity index (χ3v) is 5.58. The summed E-state index contributed by atoms with van der Waals surface area (Å²) in [5.74, 6) is -1.57. The number of rotatable bonds is 10. The summed E-state index contributed by atoms with van der Waals surface area (Å²) in [6.45, 7) is 4.30. The first kappa shape index (κ1) is 21.3. The lowest BCUT2D eigenvalue weighted by Crippen LogP contribution is -2.08. The number of thioether (sulfide) groups is 2. The molecule has 152 valence electrons. The van der Waals surface area contributed by atoms with Gasteiger partial charge in [0.15, 0.2) is 22.5 Å². The van der Waals surface area contributed by atoms with Crippen LogP contribution in [0.1, 0.15) is 11.4 Å². The highest BCUT2D eigenvalue weighted by atomic mass is 32.2. The monoisotopic (exact) mass is 437 g/mol. The van der Waals surface area contributed by atoms with E-state index in [9.17, 15) is 13.2 Å². The summed E-state index contributed by atoms with van der Waals surface area (Å²) >= 11 is 1.98. The Kier molecular flexibility index (Phi) is 7.65. The van der Waals surface area contributed by atoms with Crippen LogP contribution >= 0.6 is 23.5 Å². The lowest BCUT2D eigenvalue weighted by molar-refractivity contribution is 0.252. The van der Waals surface area contributed by atoms with Crippen LogP contribution in [-0.2, 0) is 18.9 Å². The number of benzene rings is 2. The molecule has 0 saturated carbocycles. The maximum Gasteiger partial charge on any atom is 0.288 e. The molecule has 4 nitrogen and oxygen atoms in total. The molecule has 1 aromatic heterocycles. The molecule has 29 heavy (non-hydrogen) atoms. The number of ether oxygens (including phenoxy) is 1. The summed E-state index contributed by atoms with van der Waals surface area (Å²) in [7, 11) is 0. The quantitative estimate of drug-likeness (QED) is 0.297. The van der Waals surface area contributed by atoms with E-state index in [0.717, 1.165) is 5.56 Å². The summed E-state index contributed by atoms with van der Waals surface area (Å²) in [5.41, 5.74) is 0.978. The fourth-order valence-corrected chi connectivity index (χ4v) is 3.89. The van der Waals surface area contributed by atoms with E-state index in [2.05, 4.69) is 16.8 Å². The standard InChI is InChI=1S/C20H18F3N3OS2/c1-2-11-26-18(12-27-17-6-4-3-5-16(17)21)24-25-20(26)28-13-14-7-9-15(10-8-14)29-19(22)23/h2-10,19H,1,11-13H2. The van der Waals surface area contributed by atoms with Crippen LogP contribution in [0.3, 0.4) is 0 Å². The van der Waals surface area contributed by atoms with Gasteiger partial charge in [0.1, 0.15) is 6.61 Å². The maximum absolute atomic E-state index is 13.7. The summed E-state index contributed by atoms with van der Waals surface area (Å²) < 4.78 is 45.9. The molecule has 0 radical (unpaired) electrons. The van der Waals surface area contributed by atoms with Crippen LogP contribution in [-0.4, -0.2) is 20.5 Å². The van der Waals surface area contributed by atoms with Gasteiger partial charge in [-0.15, -0.1) is 16.8 Å². The second-order valence-electron chi connectivity index (χ2n) is 5.83. The molecule has 0 bridgehead atoms. The number of hydrogen-bond acceptors (Lipinski definition) is 5. The molecule has 0 unspecified atom stereocenters. The van der Waals surface area contributed by atoms with Crippen molar-refractivity contribution in [2.75, 3.05) is 0 Å². The normalized spacial score (nSPS) is 11.0. The van der Waals surface area contributed by atoms with Crippen molar-refractivity contribution in [3.63, 3.8) is 0 Å². The van der Waals surface area contributed by atoms with E-state index in [1.54, 1.807) is 36.4 Å². The van der Waals surface area contributed by atoms with Gasteiger partial charge in [0, 0.05) is 17.2 Å². The first-order chi connectivity index (χ1) is 14.1. The molecule has 0 N–H and O–H groups in total. The molecule has 0 aliphatic carbocycles. The Morgan fingerprint density at radius 2 is 1.86 bits per heavy atom. The molecular formula is C20H18F3N3OS2. The van der Waals surface area contributed by atoms with Crippen LogP contribution in [0.5, 0.6) is 5.75 Å². The fourth-order valence-electron chi connectivity index (χ4n) is 2.46. The van der Waals surface area contributed by atoms with Gasteiger partial charge in [-0.05, 0) is 29.8 Å². The minimum absolute atomic E-state index is 0.0713. The van der Waals surface area contributed by atoms with E-state index in [1.807, 2.05) is 16.7 Å². The number of nitrogens with zero attached hydrogens (tertiary/aromatic N) is 3. The van der Waals surface area contributed by atoms with Crippen molar-refractivity contribution in [2.24, 2.45) is 0 Å². The zero-order valence-electron chi connectivity index (χ0n) is 15.3. The molecule has 9 heteroatoms. The van der Waals surface area contributed by atoms with Crippen LogP contribution in [0.4, 0.5) is 13.2 Å². The van der Waals surface area contributed by atoms with E-state index < -0.39 is 11.6 Å². The average Bonchev–Trinajstić information content (AvgIpc) is 3.08. The molecule has 2 aromatic carbocycles. The molecule has 0 spiro atoms. The highest BCUT2D eigenvalue weighted by Gasteiger charge is 2.14. The molecule has 0 aliphatic heterocycles. The topological polar surface area (TPSA) is 39.9 Å². The fraction of sp³-hybridized carbons (Fsp3) is 0.200. The molecule has 0 saturated heterocycles. The van der Waals surface area contributed by atoms with Gasteiger partial charge in [-0.1, -0.05) is 53.9 Å². The largest absolute Gasteiger partial charge is 0.483 e. The van der Waals surface area contributed by atoms with Gasteiger partial charge in [0.05, 0.1) is 0 Å². The Hall–Kier alpha value is -2.39. The van der Waals surface area contributed by atoms with Gasteiger partial charge in [-0.3, -0.25) is 4.57 Å². The van der Waals surface area contributed by atoms with Gasteiger partial charge in [-0.2, -0.15) is 8.78 Å². The van der Waals surface area contributed by atoms with Crippen LogP contribution < -0.4 is 4.74 Å². The molecule has 1 heterocycles. The number of hydrogen-bond donors (Lipinski definition) is 0. The molecule has 0 fully saturated rings. The highest BCUT2D eigenvalue weighted by molar-refractivity contribution is 7.99. The van der Waals surface area contributed by atoms with Gasteiger partial charge in [-0.25, -0.2) is 4.39 Å². The SMILES string of the molecule is C=CCn1c(COc2ccccc2F)nnc1SCc1ccc(SC(F)F)cc1. The van der Waals surface area contributed by atoms with E-state index in [0.29, 0.717) is 39.9 Å².